The molecule has 0 aliphatic rings. The molecule has 174 valence electrons. The molecule has 0 saturated heterocycles. The molecule has 0 aliphatic carbocycles. The third-order valence-electron chi connectivity index (χ3n) is 5.30. The van der Waals surface area contributed by atoms with Crippen LogP contribution in [0.25, 0.3) is 0 Å². The number of nitrogens with zero attached hydrogens (tertiary/aromatic N) is 1. The molecule has 0 fully saturated rings. The number of sulfonamides is 1. The monoisotopic (exact) mass is 467 g/mol. The van der Waals surface area contributed by atoms with E-state index in [1.807, 2.05) is 43.3 Å². The van der Waals surface area contributed by atoms with Crippen molar-refractivity contribution in [2.24, 2.45) is 0 Å². The average Bonchev–Trinajstić information content (AvgIpc) is 2.81. The molecule has 0 radical (unpaired) electrons. The van der Waals surface area contributed by atoms with Crippen LogP contribution in [0.1, 0.15) is 39.5 Å². The minimum absolute atomic E-state index is 0.158. The van der Waals surface area contributed by atoms with Gasteiger partial charge in [-0.1, -0.05) is 36.4 Å². The Morgan fingerprint density at radius 2 is 1.45 bits per heavy atom. The smallest absolute Gasteiger partial charge is 0.338 e. The van der Waals surface area contributed by atoms with Crippen LogP contribution in [0.15, 0.2) is 71.6 Å². The molecule has 33 heavy (non-hydrogen) atoms. The number of ether oxygens (including phenoxy) is 2. The van der Waals surface area contributed by atoms with E-state index in [-0.39, 0.29) is 13.1 Å². The standard InChI is InChI=1S/C26H29NO5S/c1-5-32-26(28)23-12-8-21(9-13-23)17-27(18-22-10-14-24(31-4)15-11-22)33(29,30)25-16-19(2)6-7-20(25)3/h6-16H,5,17-18H2,1-4H3. The number of methoxy groups -OCH3 is 1. The highest BCUT2D eigenvalue weighted by Crippen LogP contribution is 2.25. The fourth-order valence-electron chi connectivity index (χ4n) is 3.45. The molecule has 0 aromatic heterocycles. The Morgan fingerprint density at radius 3 is 2.00 bits per heavy atom. The van der Waals surface area contributed by atoms with Gasteiger partial charge in [0.05, 0.1) is 24.2 Å². The van der Waals surface area contributed by atoms with E-state index in [0.29, 0.717) is 28.4 Å². The first-order valence-electron chi connectivity index (χ1n) is 10.7. The van der Waals surface area contributed by atoms with Crippen LogP contribution < -0.4 is 4.74 Å². The van der Waals surface area contributed by atoms with Crippen molar-refractivity contribution in [2.45, 2.75) is 38.8 Å². The van der Waals surface area contributed by atoms with Gasteiger partial charge in [-0.05, 0) is 73.4 Å². The summed E-state index contributed by atoms with van der Waals surface area (Å²) in [6, 6.07) is 19.6. The second-order valence-corrected chi connectivity index (χ2v) is 9.71. The first-order valence-corrected chi connectivity index (χ1v) is 12.1. The predicted molar refractivity (Wildman–Crippen MR) is 128 cm³/mol. The largest absolute Gasteiger partial charge is 0.497 e. The average molecular weight is 468 g/mol. The van der Waals surface area contributed by atoms with E-state index < -0.39 is 16.0 Å². The van der Waals surface area contributed by atoms with Crippen molar-refractivity contribution >= 4 is 16.0 Å². The minimum Gasteiger partial charge on any atom is -0.497 e. The molecule has 3 aromatic carbocycles. The minimum atomic E-state index is -3.79. The van der Waals surface area contributed by atoms with Gasteiger partial charge < -0.3 is 9.47 Å². The quantitative estimate of drug-likeness (QED) is 0.420. The second-order valence-electron chi connectivity index (χ2n) is 7.81. The SMILES string of the molecule is CCOC(=O)c1ccc(CN(Cc2ccc(OC)cc2)S(=O)(=O)c2cc(C)ccc2C)cc1. The van der Waals surface area contributed by atoms with Gasteiger partial charge in [0.2, 0.25) is 10.0 Å². The second kappa shape index (κ2) is 10.6. The molecular weight excluding hydrogens is 438 g/mol. The van der Waals surface area contributed by atoms with E-state index in [0.717, 1.165) is 16.7 Å². The molecule has 0 saturated carbocycles. The van der Waals surface area contributed by atoms with Gasteiger partial charge in [0.15, 0.2) is 0 Å². The Morgan fingerprint density at radius 1 is 0.879 bits per heavy atom. The summed E-state index contributed by atoms with van der Waals surface area (Å²) in [4.78, 5) is 12.2. The van der Waals surface area contributed by atoms with Gasteiger partial charge in [0, 0.05) is 13.1 Å². The number of esters is 1. The Balaban J connectivity index is 1.95. The summed E-state index contributed by atoms with van der Waals surface area (Å²) in [5.41, 5.74) is 3.61. The van der Waals surface area contributed by atoms with E-state index in [2.05, 4.69) is 0 Å². The van der Waals surface area contributed by atoms with Crippen LogP contribution in [-0.4, -0.2) is 32.4 Å². The van der Waals surface area contributed by atoms with E-state index in [1.165, 1.54) is 4.31 Å². The molecule has 3 rings (SSSR count). The van der Waals surface area contributed by atoms with Gasteiger partial charge in [-0.15, -0.1) is 0 Å². The van der Waals surface area contributed by atoms with Crippen LogP contribution >= 0.6 is 0 Å². The normalized spacial score (nSPS) is 11.4. The van der Waals surface area contributed by atoms with Crippen LogP contribution in [-0.2, 0) is 27.8 Å². The summed E-state index contributed by atoms with van der Waals surface area (Å²) >= 11 is 0. The topological polar surface area (TPSA) is 72.9 Å². The van der Waals surface area contributed by atoms with E-state index in [9.17, 15) is 13.2 Å². The maximum absolute atomic E-state index is 13.7. The lowest BCUT2D eigenvalue weighted by molar-refractivity contribution is 0.0526. The first kappa shape index (κ1) is 24.5. The van der Waals surface area contributed by atoms with E-state index in [1.54, 1.807) is 51.3 Å². The zero-order valence-electron chi connectivity index (χ0n) is 19.4. The lowest BCUT2D eigenvalue weighted by Gasteiger charge is -2.24. The number of carbonyl (C=O) groups excluding carboxylic acids is 1. The van der Waals surface area contributed by atoms with Crippen molar-refractivity contribution in [2.75, 3.05) is 13.7 Å². The van der Waals surface area contributed by atoms with Gasteiger partial charge >= 0.3 is 5.97 Å². The highest BCUT2D eigenvalue weighted by atomic mass is 32.2. The van der Waals surface area contributed by atoms with Crippen molar-refractivity contribution in [1.82, 2.24) is 4.31 Å². The number of carbonyl (C=O) groups is 1. The Hall–Kier alpha value is -3.16. The third-order valence-corrected chi connectivity index (χ3v) is 7.24. The summed E-state index contributed by atoms with van der Waals surface area (Å²) in [5.74, 6) is 0.305. The van der Waals surface area contributed by atoms with Crippen LogP contribution in [0, 0.1) is 13.8 Å². The summed E-state index contributed by atoms with van der Waals surface area (Å²) in [7, 11) is -2.20. The zero-order chi connectivity index (χ0) is 24.0. The summed E-state index contributed by atoms with van der Waals surface area (Å²) in [6.07, 6.45) is 0. The highest BCUT2D eigenvalue weighted by Gasteiger charge is 2.27. The summed E-state index contributed by atoms with van der Waals surface area (Å²) in [6.45, 7) is 6.07. The maximum Gasteiger partial charge on any atom is 0.338 e. The molecule has 0 atom stereocenters. The van der Waals surface area contributed by atoms with Crippen molar-refractivity contribution in [3.63, 3.8) is 0 Å². The highest BCUT2D eigenvalue weighted by molar-refractivity contribution is 7.89. The van der Waals surface area contributed by atoms with E-state index in [4.69, 9.17) is 9.47 Å². The summed E-state index contributed by atoms with van der Waals surface area (Å²) < 4.78 is 39.1. The van der Waals surface area contributed by atoms with Gasteiger partial charge in [-0.25, -0.2) is 13.2 Å². The Bertz CT molecular complexity index is 1200. The van der Waals surface area contributed by atoms with Gasteiger partial charge in [0.1, 0.15) is 5.75 Å². The lowest BCUT2D eigenvalue weighted by Crippen LogP contribution is -2.31. The van der Waals surface area contributed by atoms with Gasteiger partial charge in [0.25, 0.3) is 0 Å². The van der Waals surface area contributed by atoms with E-state index >= 15 is 0 Å². The molecule has 3 aromatic rings. The molecule has 7 heteroatoms. The first-order chi connectivity index (χ1) is 15.7. The van der Waals surface area contributed by atoms with Crippen LogP contribution in [0.3, 0.4) is 0 Å². The lowest BCUT2D eigenvalue weighted by atomic mass is 10.1. The number of benzene rings is 3. The molecule has 0 aliphatic heterocycles. The molecule has 0 heterocycles. The van der Waals surface area contributed by atoms with Crippen molar-refractivity contribution in [1.29, 1.82) is 0 Å². The predicted octanol–water partition coefficient (Wildman–Crippen LogP) is 4.88. The van der Waals surface area contributed by atoms with Crippen LogP contribution in [0.2, 0.25) is 0 Å². The number of hydrogen-bond acceptors (Lipinski definition) is 5. The fraction of sp³-hybridized carbons (Fsp3) is 0.269. The number of aryl methyl sites for hydroxylation is 2. The zero-order valence-corrected chi connectivity index (χ0v) is 20.2. The Kier molecular flexibility index (Phi) is 7.89. The Labute approximate surface area is 195 Å². The molecule has 0 unspecified atom stereocenters. The molecular formula is C26H29NO5S. The summed E-state index contributed by atoms with van der Waals surface area (Å²) in [5, 5.41) is 0. The maximum atomic E-state index is 13.7. The van der Waals surface area contributed by atoms with Crippen molar-refractivity contribution in [3.8, 4) is 5.75 Å². The molecule has 0 N–H and O–H groups in total. The molecule has 6 nitrogen and oxygen atoms in total. The fourth-order valence-corrected chi connectivity index (χ4v) is 5.18. The van der Waals surface area contributed by atoms with Crippen LogP contribution in [0.5, 0.6) is 5.75 Å². The molecule has 0 bridgehead atoms. The van der Waals surface area contributed by atoms with Crippen LogP contribution in [0.4, 0.5) is 0 Å². The molecule has 0 spiro atoms. The third kappa shape index (κ3) is 6.00. The van der Waals surface area contributed by atoms with Gasteiger partial charge in [-0.2, -0.15) is 4.31 Å². The number of hydrogen-bond donors (Lipinski definition) is 0. The number of rotatable bonds is 9. The molecule has 0 amide bonds. The van der Waals surface area contributed by atoms with Crippen molar-refractivity contribution < 1.29 is 22.7 Å². The van der Waals surface area contributed by atoms with Crippen molar-refractivity contribution in [3.05, 3.63) is 94.5 Å². The van der Waals surface area contributed by atoms with Gasteiger partial charge in [-0.3, -0.25) is 0 Å².